The molecule has 0 saturated carbocycles. The molecule has 2 amide bonds. The van der Waals surface area contributed by atoms with E-state index in [1.54, 1.807) is 12.1 Å². The molecule has 0 radical (unpaired) electrons. The van der Waals surface area contributed by atoms with Gasteiger partial charge in [0.25, 0.3) is 5.56 Å². The van der Waals surface area contributed by atoms with Crippen LogP contribution in [0.15, 0.2) is 27.9 Å². The van der Waals surface area contributed by atoms with E-state index in [-0.39, 0.29) is 30.9 Å². The van der Waals surface area contributed by atoms with Crippen LogP contribution in [0, 0.1) is 0 Å². The molecule has 2 aromatic rings. The number of hydrogen-bond donors (Lipinski definition) is 3. The zero-order valence-corrected chi connectivity index (χ0v) is 13.1. The molecule has 0 aromatic carbocycles. The van der Waals surface area contributed by atoms with Crippen LogP contribution in [0.2, 0.25) is 0 Å². The number of amides is 2. The lowest BCUT2D eigenvalue weighted by Crippen LogP contribution is -2.43. The minimum Gasteiger partial charge on any atom is -0.376 e. The molecule has 0 bridgehead atoms. The van der Waals surface area contributed by atoms with E-state index in [0.29, 0.717) is 11.9 Å². The maximum Gasteiger partial charge on any atom is 0.330 e. The number of urea groups is 1. The number of carbonyl (C=O) groups excluding carboxylic acids is 1. The number of aromatic amines is 1. The Morgan fingerprint density at radius 1 is 1.42 bits per heavy atom. The Hall–Kier alpha value is -2.68. The molecular formula is C15H19N5O4. The van der Waals surface area contributed by atoms with Gasteiger partial charge in [-0.3, -0.25) is 14.3 Å². The fourth-order valence-corrected chi connectivity index (χ4v) is 2.64. The molecular weight excluding hydrogens is 314 g/mol. The lowest BCUT2D eigenvalue weighted by molar-refractivity contribution is 0.111. The number of hydrogen-bond acceptors (Lipinski definition) is 5. The van der Waals surface area contributed by atoms with Crippen LogP contribution in [0.4, 0.5) is 4.79 Å². The number of nitrogens with zero attached hydrogens (tertiary/aromatic N) is 2. The second-order valence-corrected chi connectivity index (χ2v) is 5.56. The third-order valence-corrected chi connectivity index (χ3v) is 3.89. The lowest BCUT2D eigenvalue weighted by atomic mass is 10.2. The topological polar surface area (TPSA) is 118 Å². The Morgan fingerprint density at radius 2 is 2.29 bits per heavy atom. The molecule has 2 aromatic heterocycles. The number of fused-ring (bicyclic) bond motifs is 1. The van der Waals surface area contributed by atoms with Crippen LogP contribution in [0.5, 0.6) is 0 Å². The first-order valence-corrected chi connectivity index (χ1v) is 7.86. The Balaban J connectivity index is 1.56. The van der Waals surface area contributed by atoms with E-state index in [9.17, 15) is 14.4 Å². The fraction of sp³-hybridized carbons (Fsp3) is 0.467. The summed E-state index contributed by atoms with van der Waals surface area (Å²) in [5, 5.41) is 5.67. The second kappa shape index (κ2) is 7.26. The highest BCUT2D eigenvalue weighted by atomic mass is 16.5. The molecule has 0 unspecified atom stereocenters. The van der Waals surface area contributed by atoms with E-state index in [0.717, 1.165) is 24.0 Å². The van der Waals surface area contributed by atoms with Crippen molar-refractivity contribution in [1.82, 2.24) is 25.2 Å². The molecule has 128 valence electrons. The van der Waals surface area contributed by atoms with Crippen molar-refractivity contribution in [2.24, 2.45) is 0 Å². The lowest BCUT2D eigenvalue weighted by Gasteiger charge is -2.12. The quantitative estimate of drug-likeness (QED) is 0.686. The van der Waals surface area contributed by atoms with E-state index >= 15 is 0 Å². The SMILES string of the molecule is O=C(NCCn1c(=O)[nH]c2ncccc2c1=O)NC[C@H]1CCCO1. The van der Waals surface area contributed by atoms with Gasteiger partial charge in [-0.1, -0.05) is 0 Å². The molecule has 0 spiro atoms. The van der Waals surface area contributed by atoms with E-state index in [1.807, 2.05) is 0 Å². The molecule has 3 N–H and O–H groups in total. The first-order chi connectivity index (χ1) is 11.6. The van der Waals surface area contributed by atoms with Crippen LogP contribution in [0.3, 0.4) is 0 Å². The molecule has 3 rings (SSSR count). The zero-order chi connectivity index (χ0) is 16.9. The molecule has 24 heavy (non-hydrogen) atoms. The minimum atomic E-state index is -0.548. The zero-order valence-electron chi connectivity index (χ0n) is 13.1. The van der Waals surface area contributed by atoms with Crippen molar-refractivity contribution in [2.45, 2.75) is 25.5 Å². The van der Waals surface area contributed by atoms with Crippen LogP contribution in [0.25, 0.3) is 11.0 Å². The summed E-state index contributed by atoms with van der Waals surface area (Å²) >= 11 is 0. The Bertz CT molecular complexity index is 838. The van der Waals surface area contributed by atoms with Gasteiger partial charge in [0.15, 0.2) is 0 Å². The predicted molar refractivity (Wildman–Crippen MR) is 87.0 cm³/mol. The van der Waals surface area contributed by atoms with Crippen LogP contribution in [0.1, 0.15) is 12.8 Å². The monoisotopic (exact) mass is 333 g/mol. The van der Waals surface area contributed by atoms with Gasteiger partial charge in [0.05, 0.1) is 11.5 Å². The predicted octanol–water partition coefficient (Wildman–Crippen LogP) is -0.437. The fourth-order valence-electron chi connectivity index (χ4n) is 2.64. The summed E-state index contributed by atoms with van der Waals surface area (Å²) in [6.45, 7) is 1.42. The molecule has 3 heterocycles. The highest BCUT2D eigenvalue weighted by Crippen LogP contribution is 2.10. The average Bonchev–Trinajstić information content (AvgIpc) is 3.09. The molecule has 1 atom stereocenters. The highest BCUT2D eigenvalue weighted by Gasteiger charge is 2.16. The van der Waals surface area contributed by atoms with Gasteiger partial charge in [-0.15, -0.1) is 0 Å². The largest absolute Gasteiger partial charge is 0.376 e. The van der Waals surface area contributed by atoms with Crippen LogP contribution in [-0.4, -0.2) is 46.4 Å². The van der Waals surface area contributed by atoms with Gasteiger partial charge in [-0.05, 0) is 25.0 Å². The number of carbonyl (C=O) groups is 1. The standard InChI is InChI=1S/C15H19N5O4/c21-13-11-4-1-5-16-12(11)19-15(23)20(13)7-6-17-14(22)18-9-10-3-2-8-24-10/h1,4-5,10H,2-3,6-9H2,(H,16,19,23)(H2,17,18,22)/t10-/m1/s1. The van der Waals surface area contributed by atoms with E-state index < -0.39 is 11.2 Å². The highest BCUT2D eigenvalue weighted by molar-refractivity contribution is 5.74. The maximum atomic E-state index is 12.3. The maximum absolute atomic E-state index is 12.3. The van der Waals surface area contributed by atoms with Gasteiger partial charge >= 0.3 is 11.7 Å². The van der Waals surface area contributed by atoms with Gasteiger partial charge in [0, 0.05) is 32.4 Å². The van der Waals surface area contributed by atoms with Crippen molar-refractivity contribution >= 4 is 17.1 Å². The van der Waals surface area contributed by atoms with Crippen LogP contribution in [-0.2, 0) is 11.3 Å². The number of rotatable bonds is 5. The molecule has 0 aliphatic carbocycles. The number of H-pyrrole nitrogens is 1. The molecule has 1 fully saturated rings. The second-order valence-electron chi connectivity index (χ2n) is 5.56. The first-order valence-electron chi connectivity index (χ1n) is 7.86. The van der Waals surface area contributed by atoms with Crippen molar-refractivity contribution in [3.8, 4) is 0 Å². The van der Waals surface area contributed by atoms with Crippen LogP contribution >= 0.6 is 0 Å². The minimum absolute atomic E-state index is 0.0641. The third kappa shape index (κ3) is 3.62. The summed E-state index contributed by atoms with van der Waals surface area (Å²) in [5.41, 5.74) is -0.720. The van der Waals surface area contributed by atoms with Gasteiger partial charge in [-0.25, -0.2) is 14.6 Å². The van der Waals surface area contributed by atoms with Gasteiger partial charge in [0.1, 0.15) is 5.65 Å². The Labute approximate surface area is 137 Å². The van der Waals surface area contributed by atoms with E-state index in [2.05, 4.69) is 20.6 Å². The normalized spacial score (nSPS) is 17.1. The summed E-state index contributed by atoms with van der Waals surface area (Å²) in [4.78, 5) is 42.5. The molecule has 1 aliphatic heterocycles. The smallest absolute Gasteiger partial charge is 0.330 e. The van der Waals surface area contributed by atoms with Gasteiger partial charge in [-0.2, -0.15) is 0 Å². The number of nitrogens with one attached hydrogen (secondary N) is 3. The van der Waals surface area contributed by atoms with Crippen molar-refractivity contribution in [2.75, 3.05) is 19.7 Å². The number of aromatic nitrogens is 3. The molecule has 9 nitrogen and oxygen atoms in total. The van der Waals surface area contributed by atoms with Gasteiger partial charge in [0.2, 0.25) is 0 Å². The summed E-state index contributed by atoms with van der Waals surface area (Å²) in [7, 11) is 0. The van der Waals surface area contributed by atoms with Gasteiger partial charge < -0.3 is 15.4 Å². The van der Waals surface area contributed by atoms with Crippen LogP contribution < -0.4 is 21.9 Å². The Kier molecular flexibility index (Phi) is 4.90. The van der Waals surface area contributed by atoms with Crippen molar-refractivity contribution in [3.05, 3.63) is 39.2 Å². The molecule has 1 saturated heterocycles. The number of ether oxygens (including phenoxy) is 1. The molecule has 9 heteroatoms. The number of pyridine rings is 1. The average molecular weight is 333 g/mol. The van der Waals surface area contributed by atoms with E-state index in [1.165, 1.54) is 6.20 Å². The summed E-state index contributed by atoms with van der Waals surface area (Å²) in [6, 6.07) is 2.87. The first kappa shape index (κ1) is 16.2. The third-order valence-electron chi connectivity index (χ3n) is 3.89. The molecule has 1 aliphatic rings. The van der Waals surface area contributed by atoms with Crippen molar-refractivity contribution in [3.63, 3.8) is 0 Å². The summed E-state index contributed by atoms with van der Waals surface area (Å²) < 4.78 is 6.46. The Morgan fingerprint density at radius 3 is 3.08 bits per heavy atom. The summed E-state index contributed by atoms with van der Waals surface area (Å²) in [5.74, 6) is 0. The van der Waals surface area contributed by atoms with Crippen molar-refractivity contribution in [1.29, 1.82) is 0 Å². The van der Waals surface area contributed by atoms with Crippen molar-refractivity contribution < 1.29 is 9.53 Å². The summed E-state index contributed by atoms with van der Waals surface area (Å²) in [6.07, 6.45) is 3.52. The van der Waals surface area contributed by atoms with E-state index in [4.69, 9.17) is 4.74 Å².